The van der Waals surface area contributed by atoms with E-state index in [1.54, 1.807) is 7.05 Å². The Morgan fingerprint density at radius 2 is 2.30 bits per heavy atom. The van der Waals surface area contributed by atoms with Crippen LogP contribution in [-0.4, -0.2) is 46.0 Å². The fourth-order valence-electron chi connectivity index (χ4n) is 2.93. The molecule has 3 unspecified atom stereocenters. The van der Waals surface area contributed by atoms with E-state index in [-0.39, 0.29) is 0 Å². The molecule has 20 heavy (non-hydrogen) atoms. The molecule has 2 saturated heterocycles. The highest BCUT2D eigenvalue weighted by molar-refractivity contribution is 5.80. The standard InChI is InChI=1S/C13H22N6O/c1-8-17-18-12(19(8)3)7-15-13(14-2)16-10-6-9-4-5-11(10)20-9/h9-11H,4-7H2,1-3H3,(H2,14,15,16). The van der Waals surface area contributed by atoms with Crippen molar-refractivity contribution in [3.8, 4) is 0 Å². The van der Waals surface area contributed by atoms with Crippen LogP contribution in [0.25, 0.3) is 0 Å². The van der Waals surface area contributed by atoms with Crippen molar-refractivity contribution in [1.82, 2.24) is 25.4 Å². The molecule has 2 aliphatic rings. The van der Waals surface area contributed by atoms with Crippen LogP contribution < -0.4 is 10.6 Å². The third-order valence-corrected chi connectivity index (χ3v) is 4.25. The highest BCUT2D eigenvalue weighted by Crippen LogP contribution is 2.34. The lowest BCUT2D eigenvalue weighted by Gasteiger charge is -2.22. The second-order valence-corrected chi connectivity index (χ2v) is 5.51. The normalized spacial score (nSPS) is 28.9. The Kier molecular flexibility index (Phi) is 3.60. The van der Waals surface area contributed by atoms with Crippen molar-refractivity contribution in [2.45, 2.75) is 51.0 Å². The van der Waals surface area contributed by atoms with Crippen molar-refractivity contribution in [1.29, 1.82) is 0 Å². The number of ether oxygens (including phenoxy) is 1. The third kappa shape index (κ3) is 2.49. The Morgan fingerprint density at radius 3 is 2.85 bits per heavy atom. The number of aryl methyl sites for hydroxylation is 1. The van der Waals surface area contributed by atoms with Gasteiger partial charge in [-0.25, -0.2) is 0 Å². The van der Waals surface area contributed by atoms with Gasteiger partial charge >= 0.3 is 0 Å². The quantitative estimate of drug-likeness (QED) is 0.606. The molecule has 3 rings (SSSR count). The van der Waals surface area contributed by atoms with Crippen molar-refractivity contribution < 1.29 is 4.74 Å². The SMILES string of the molecule is CN=C(NCc1nnc(C)n1C)NC1CC2CCC1O2. The average molecular weight is 278 g/mol. The first kappa shape index (κ1) is 13.4. The zero-order valence-corrected chi connectivity index (χ0v) is 12.3. The van der Waals surface area contributed by atoms with E-state index < -0.39 is 0 Å². The Morgan fingerprint density at radius 1 is 1.45 bits per heavy atom. The number of aliphatic imine (C=N–C) groups is 1. The van der Waals surface area contributed by atoms with Gasteiger partial charge in [0.1, 0.15) is 5.82 Å². The fourth-order valence-corrected chi connectivity index (χ4v) is 2.93. The summed E-state index contributed by atoms with van der Waals surface area (Å²) in [7, 11) is 3.75. The molecule has 3 atom stereocenters. The molecular weight excluding hydrogens is 256 g/mol. The summed E-state index contributed by atoms with van der Waals surface area (Å²) in [6.45, 7) is 2.55. The molecule has 0 radical (unpaired) electrons. The molecule has 0 aromatic carbocycles. The molecular formula is C13H22N6O. The molecule has 1 aromatic rings. The number of aromatic nitrogens is 3. The topological polar surface area (TPSA) is 76.4 Å². The molecule has 110 valence electrons. The van der Waals surface area contributed by atoms with Crippen molar-refractivity contribution in [2.75, 3.05) is 7.05 Å². The minimum absolute atomic E-state index is 0.343. The van der Waals surface area contributed by atoms with Crippen molar-refractivity contribution in [3.63, 3.8) is 0 Å². The van der Waals surface area contributed by atoms with Crippen LogP contribution in [0.1, 0.15) is 30.9 Å². The Bertz CT molecular complexity index is 511. The van der Waals surface area contributed by atoms with Crippen molar-refractivity contribution >= 4 is 5.96 Å². The molecule has 0 aliphatic carbocycles. The molecule has 0 spiro atoms. The van der Waals surface area contributed by atoms with Crippen LogP contribution in [-0.2, 0) is 18.3 Å². The van der Waals surface area contributed by atoms with Gasteiger partial charge in [-0.3, -0.25) is 4.99 Å². The molecule has 2 aliphatic heterocycles. The number of guanidine groups is 1. The lowest BCUT2D eigenvalue weighted by Crippen LogP contribution is -2.47. The monoisotopic (exact) mass is 278 g/mol. The minimum atomic E-state index is 0.343. The summed E-state index contributed by atoms with van der Waals surface area (Å²) >= 11 is 0. The number of fused-ring (bicyclic) bond motifs is 2. The first-order valence-corrected chi connectivity index (χ1v) is 7.15. The molecule has 2 bridgehead atoms. The van der Waals surface area contributed by atoms with E-state index in [4.69, 9.17) is 4.74 Å². The number of nitrogens with zero attached hydrogens (tertiary/aromatic N) is 4. The van der Waals surface area contributed by atoms with E-state index in [0.29, 0.717) is 24.8 Å². The highest BCUT2D eigenvalue weighted by Gasteiger charge is 2.41. The zero-order valence-electron chi connectivity index (χ0n) is 12.3. The maximum atomic E-state index is 5.84. The van der Waals surface area contributed by atoms with E-state index in [1.165, 1.54) is 6.42 Å². The van der Waals surface area contributed by atoms with Crippen LogP contribution >= 0.6 is 0 Å². The van der Waals surface area contributed by atoms with Gasteiger partial charge in [-0.1, -0.05) is 0 Å². The van der Waals surface area contributed by atoms with Crippen LogP contribution in [0.15, 0.2) is 4.99 Å². The Hall–Kier alpha value is -1.63. The summed E-state index contributed by atoms with van der Waals surface area (Å²) in [6.07, 6.45) is 4.22. The fraction of sp³-hybridized carbons (Fsp3) is 0.769. The second-order valence-electron chi connectivity index (χ2n) is 5.51. The van der Waals surface area contributed by atoms with Crippen LogP contribution in [0.4, 0.5) is 0 Å². The lowest BCUT2D eigenvalue weighted by molar-refractivity contribution is 0.0992. The second kappa shape index (κ2) is 5.40. The average Bonchev–Trinajstić information content (AvgIpc) is 3.14. The molecule has 2 N–H and O–H groups in total. The maximum Gasteiger partial charge on any atom is 0.191 e. The van der Waals surface area contributed by atoms with E-state index in [9.17, 15) is 0 Å². The van der Waals surface area contributed by atoms with E-state index in [2.05, 4.69) is 25.8 Å². The maximum absolute atomic E-state index is 5.84. The predicted molar refractivity (Wildman–Crippen MR) is 75.4 cm³/mol. The third-order valence-electron chi connectivity index (χ3n) is 4.25. The molecule has 7 heteroatoms. The highest BCUT2D eigenvalue weighted by atomic mass is 16.5. The van der Waals surface area contributed by atoms with Gasteiger partial charge in [0.05, 0.1) is 24.8 Å². The molecule has 3 heterocycles. The van der Waals surface area contributed by atoms with Crippen molar-refractivity contribution in [2.24, 2.45) is 12.0 Å². The molecule has 7 nitrogen and oxygen atoms in total. The van der Waals surface area contributed by atoms with Crippen LogP contribution in [0, 0.1) is 6.92 Å². The van der Waals surface area contributed by atoms with Gasteiger partial charge in [0.25, 0.3) is 0 Å². The van der Waals surface area contributed by atoms with E-state index in [0.717, 1.165) is 30.5 Å². The van der Waals surface area contributed by atoms with Gasteiger partial charge in [0.15, 0.2) is 11.8 Å². The molecule has 0 saturated carbocycles. The van der Waals surface area contributed by atoms with Gasteiger partial charge < -0.3 is 19.9 Å². The molecule has 0 amide bonds. The summed E-state index contributed by atoms with van der Waals surface area (Å²) < 4.78 is 7.82. The van der Waals surface area contributed by atoms with Gasteiger partial charge in [-0.2, -0.15) is 0 Å². The van der Waals surface area contributed by atoms with Gasteiger partial charge in [-0.15, -0.1) is 10.2 Å². The van der Waals surface area contributed by atoms with Crippen LogP contribution in [0.2, 0.25) is 0 Å². The van der Waals surface area contributed by atoms with Gasteiger partial charge in [-0.05, 0) is 26.2 Å². The Balaban J connectivity index is 1.54. The Labute approximate surface area is 118 Å². The summed E-state index contributed by atoms with van der Waals surface area (Å²) in [6, 6.07) is 0.376. The van der Waals surface area contributed by atoms with Gasteiger partial charge in [0.2, 0.25) is 0 Å². The lowest BCUT2D eigenvalue weighted by atomic mass is 9.96. The number of nitrogens with one attached hydrogen (secondary N) is 2. The smallest absolute Gasteiger partial charge is 0.191 e. The number of rotatable bonds is 3. The van der Waals surface area contributed by atoms with Crippen molar-refractivity contribution in [3.05, 3.63) is 11.6 Å². The zero-order chi connectivity index (χ0) is 14.1. The summed E-state index contributed by atoms with van der Waals surface area (Å²) in [5.41, 5.74) is 0. The number of hydrogen-bond acceptors (Lipinski definition) is 4. The largest absolute Gasteiger partial charge is 0.373 e. The predicted octanol–water partition coefficient (Wildman–Crippen LogP) is 0.108. The first-order chi connectivity index (χ1) is 9.67. The van der Waals surface area contributed by atoms with E-state index >= 15 is 0 Å². The van der Waals surface area contributed by atoms with E-state index in [1.807, 2.05) is 18.5 Å². The molecule has 1 aromatic heterocycles. The summed E-state index contributed by atoms with van der Waals surface area (Å²) in [5.74, 6) is 2.60. The molecule has 2 fully saturated rings. The number of hydrogen-bond donors (Lipinski definition) is 2. The van der Waals surface area contributed by atoms with Gasteiger partial charge in [0, 0.05) is 14.1 Å². The minimum Gasteiger partial charge on any atom is -0.373 e. The summed E-state index contributed by atoms with van der Waals surface area (Å²) in [5, 5.41) is 14.9. The van der Waals surface area contributed by atoms with Crippen LogP contribution in [0.3, 0.4) is 0 Å². The van der Waals surface area contributed by atoms with Crippen LogP contribution in [0.5, 0.6) is 0 Å². The summed E-state index contributed by atoms with van der Waals surface area (Å²) in [4.78, 5) is 4.27. The first-order valence-electron chi connectivity index (χ1n) is 7.15.